The number of piperidine rings is 1. The molecule has 1 aliphatic heterocycles. The lowest BCUT2D eigenvalue weighted by Gasteiger charge is -2.36. The monoisotopic (exact) mass is 335 g/mol. The third-order valence-electron chi connectivity index (χ3n) is 3.95. The second-order valence-electron chi connectivity index (χ2n) is 7.21. The summed E-state index contributed by atoms with van der Waals surface area (Å²) in [5.41, 5.74) is 0.393. The number of likely N-dealkylation sites (tertiary alicyclic amines) is 1. The summed E-state index contributed by atoms with van der Waals surface area (Å²) >= 11 is 0. The maximum Gasteiger partial charge on any atom is 0.410 e. The number of nitrogens with zero attached hydrogens (tertiary/aromatic N) is 3. The Morgan fingerprint density at radius 1 is 1.33 bits per heavy atom. The maximum absolute atomic E-state index is 12.4. The fourth-order valence-electron chi connectivity index (χ4n) is 2.86. The molecule has 0 saturated carbocycles. The van der Waals surface area contributed by atoms with Gasteiger partial charge in [0.25, 0.3) is 0 Å². The van der Waals surface area contributed by atoms with Crippen LogP contribution in [0.3, 0.4) is 0 Å². The number of hydrogen-bond acceptors (Lipinski definition) is 5. The molecule has 1 aliphatic rings. The molecular formula is C18H29N3O3. The van der Waals surface area contributed by atoms with E-state index in [1.54, 1.807) is 18.6 Å². The number of carbonyl (C=O) groups excluding carboxylic acids is 1. The lowest BCUT2D eigenvalue weighted by molar-refractivity contribution is 0.00724. The molecule has 6 heteroatoms. The van der Waals surface area contributed by atoms with Gasteiger partial charge in [0, 0.05) is 31.6 Å². The summed E-state index contributed by atoms with van der Waals surface area (Å²) in [4.78, 5) is 22.4. The largest absolute Gasteiger partial charge is 0.444 e. The van der Waals surface area contributed by atoms with Crippen LogP contribution in [0.1, 0.15) is 58.6 Å². The molecule has 0 aromatic carbocycles. The zero-order valence-electron chi connectivity index (χ0n) is 15.0. The van der Waals surface area contributed by atoms with Gasteiger partial charge in [-0.05, 0) is 52.9 Å². The van der Waals surface area contributed by atoms with Crippen LogP contribution in [-0.2, 0) is 16.1 Å². The van der Waals surface area contributed by atoms with Gasteiger partial charge in [0.05, 0.1) is 18.5 Å². The maximum atomic E-state index is 12.4. The first kappa shape index (κ1) is 18.6. The number of amides is 1. The van der Waals surface area contributed by atoms with Crippen molar-refractivity contribution >= 4 is 6.09 Å². The Labute approximate surface area is 144 Å². The number of ether oxygens (including phenoxy) is 2. The summed E-state index contributed by atoms with van der Waals surface area (Å²) in [6.45, 7) is 7.65. The van der Waals surface area contributed by atoms with Gasteiger partial charge in [0.2, 0.25) is 0 Å². The van der Waals surface area contributed by atoms with Crippen LogP contribution in [0.2, 0.25) is 0 Å². The molecular weight excluding hydrogens is 306 g/mol. The van der Waals surface area contributed by atoms with Gasteiger partial charge in [-0.3, -0.25) is 9.97 Å². The van der Waals surface area contributed by atoms with Gasteiger partial charge in [-0.2, -0.15) is 0 Å². The van der Waals surface area contributed by atoms with Crippen LogP contribution >= 0.6 is 0 Å². The second kappa shape index (κ2) is 8.97. The van der Waals surface area contributed by atoms with E-state index >= 15 is 0 Å². The van der Waals surface area contributed by atoms with Gasteiger partial charge in [-0.25, -0.2) is 4.79 Å². The van der Waals surface area contributed by atoms with Crippen molar-refractivity contribution in [2.24, 2.45) is 0 Å². The fourth-order valence-corrected chi connectivity index (χ4v) is 2.86. The van der Waals surface area contributed by atoms with Gasteiger partial charge in [-0.15, -0.1) is 0 Å². The second-order valence-corrected chi connectivity index (χ2v) is 7.21. The Bertz CT molecular complexity index is 502. The molecule has 134 valence electrons. The van der Waals surface area contributed by atoms with Crippen LogP contribution in [0.15, 0.2) is 18.6 Å². The molecule has 1 aromatic heterocycles. The summed E-state index contributed by atoms with van der Waals surface area (Å²) < 4.78 is 11.2. The number of rotatable bonds is 6. The van der Waals surface area contributed by atoms with E-state index in [0.29, 0.717) is 13.2 Å². The van der Waals surface area contributed by atoms with Gasteiger partial charge >= 0.3 is 6.09 Å². The molecule has 1 atom stereocenters. The van der Waals surface area contributed by atoms with E-state index in [1.807, 2.05) is 25.7 Å². The molecule has 1 fully saturated rings. The van der Waals surface area contributed by atoms with Crippen LogP contribution in [0.4, 0.5) is 4.79 Å². The van der Waals surface area contributed by atoms with E-state index in [0.717, 1.165) is 37.9 Å². The fraction of sp³-hybridized carbons (Fsp3) is 0.722. The summed E-state index contributed by atoms with van der Waals surface area (Å²) in [6.07, 6.45) is 9.98. The minimum Gasteiger partial charge on any atom is -0.444 e. The molecule has 0 spiro atoms. The predicted octanol–water partition coefficient (Wildman–Crippen LogP) is 3.56. The lowest BCUT2D eigenvalue weighted by Crippen LogP contribution is -2.46. The standard InChI is InChI=1S/C18H29N3O3/c1-18(2,3)24-17(22)21-11-5-4-7-16(21)8-6-12-23-14-15-13-19-9-10-20-15/h9-10,13,16H,4-8,11-12,14H2,1-3H3/t16-/m1/s1. The van der Waals surface area contributed by atoms with Gasteiger partial charge in [-0.1, -0.05) is 0 Å². The van der Waals surface area contributed by atoms with Crippen LogP contribution in [-0.4, -0.2) is 45.8 Å². The van der Waals surface area contributed by atoms with E-state index in [2.05, 4.69) is 9.97 Å². The highest BCUT2D eigenvalue weighted by Gasteiger charge is 2.29. The minimum absolute atomic E-state index is 0.187. The van der Waals surface area contributed by atoms with Crippen molar-refractivity contribution < 1.29 is 14.3 Å². The average molecular weight is 335 g/mol. The lowest BCUT2D eigenvalue weighted by atomic mass is 9.98. The highest BCUT2D eigenvalue weighted by molar-refractivity contribution is 5.68. The van der Waals surface area contributed by atoms with E-state index in [9.17, 15) is 4.79 Å². The van der Waals surface area contributed by atoms with Gasteiger partial charge in [0.1, 0.15) is 5.60 Å². The quantitative estimate of drug-likeness (QED) is 0.744. The van der Waals surface area contributed by atoms with Crippen molar-refractivity contribution in [3.05, 3.63) is 24.3 Å². The molecule has 0 unspecified atom stereocenters. The SMILES string of the molecule is CC(C)(C)OC(=O)N1CCCC[C@@H]1CCCOCc1cnccn1. The van der Waals surface area contributed by atoms with E-state index < -0.39 is 5.60 Å². The number of carbonyl (C=O) groups is 1. The first-order valence-electron chi connectivity index (χ1n) is 8.78. The molecule has 0 N–H and O–H groups in total. The molecule has 0 bridgehead atoms. The Hall–Kier alpha value is -1.69. The van der Waals surface area contributed by atoms with Crippen LogP contribution in [0.25, 0.3) is 0 Å². The third kappa shape index (κ3) is 6.43. The van der Waals surface area contributed by atoms with Crippen LogP contribution in [0, 0.1) is 0 Å². The Morgan fingerprint density at radius 3 is 2.88 bits per heavy atom. The molecule has 1 saturated heterocycles. The summed E-state index contributed by atoms with van der Waals surface area (Å²) in [7, 11) is 0. The average Bonchev–Trinajstić information content (AvgIpc) is 2.54. The van der Waals surface area contributed by atoms with E-state index in [-0.39, 0.29) is 12.1 Å². The van der Waals surface area contributed by atoms with Crippen molar-refractivity contribution in [3.8, 4) is 0 Å². The summed E-state index contributed by atoms with van der Waals surface area (Å²) in [5, 5.41) is 0. The summed E-state index contributed by atoms with van der Waals surface area (Å²) in [5.74, 6) is 0. The molecule has 2 rings (SSSR count). The Morgan fingerprint density at radius 2 is 2.17 bits per heavy atom. The van der Waals surface area contributed by atoms with Crippen molar-refractivity contribution in [2.45, 2.75) is 71.1 Å². The molecule has 1 amide bonds. The van der Waals surface area contributed by atoms with Crippen molar-refractivity contribution in [1.82, 2.24) is 14.9 Å². The third-order valence-corrected chi connectivity index (χ3v) is 3.95. The molecule has 2 heterocycles. The normalized spacial score (nSPS) is 18.5. The Balaban J connectivity index is 1.72. The molecule has 6 nitrogen and oxygen atoms in total. The van der Waals surface area contributed by atoms with E-state index in [1.165, 1.54) is 6.42 Å². The Kier molecular flexibility index (Phi) is 6.97. The van der Waals surface area contributed by atoms with Crippen molar-refractivity contribution in [2.75, 3.05) is 13.2 Å². The zero-order valence-corrected chi connectivity index (χ0v) is 15.0. The van der Waals surface area contributed by atoms with Crippen molar-refractivity contribution in [3.63, 3.8) is 0 Å². The number of hydrogen-bond donors (Lipinski definition) is 0. The molecule has 0 radical (unpaired) electrons. The smallest absolute Gasteiger partial charge is 0.410 e. The minimum atomic E-state index is -0.446. The molecule has 1 aromatic rings. The molecule has 0 aliphatic carbocycles. The number of aromatic nitrogens is 2. The van der Waals surface area contributed by atoms with E-state index in [4.69, 9.17) is 9.47 Å². The van der Waals surface area contributed by atoms with Crippen LogP contribution < -0.4 is 0 Å². The highest BCUT2D eigenvalue weighted by Crippen LogP contribution is 2.23. The molecule has 24 heavy (non-hydrogen) atoms. The zero-order chi connectivity index (χ0) is 17.4. The van der Waals surface area contributed by atoms with Crippen molar-refractivity contribution in [1.29, 1.82) is 0 Å². The first-order valence-corrected chi connectivity index (χ1v) is 8.78. The van der Waals surface area contributed by atoms with Crippen LogP contribution in [0.5, 0.6) is 0 Å². The first-order chi connectivity index (χ1) is 11.5. The summed E-state index contributed by atoms with van der Waals surface area (Å²) in [6, 6.07) is 0.258. The predicted molar refractivity (Wildman–Crippen MR) is 91.5 cm³/mol. The van der Waals surface area contributed by atoms with Gasteiger partial charge < -0.3 is 14.4 Å². The highest BCUT2D eigenvalue weighted by atomic mass is 16.6. The topological polar surface area (TPSA) is 64.5 Å². The van der Waals surface area contributed by atoms with Gasteiger partial charge in [0.15, 0.2) is 0 Å².